The van der Waals surface area contributed by atoms with Crippen molar-refractivity contribution in [2.75, 3.05) is 7.11 Å². The quantitative estimate of drug-likeness (QED) is 0.252. The average molecular weight is 446 g/mol. The summed E-state index contributed by atoms with van der Waals surface area (Å²) in [6.45, 7) is 0.184. The van der Waals surface area contributed by atoms with Gasteiger partial charge in [-0.2, -0.15) is 9.78 Å². The molecule has 1 aromatic heterocycles. The summed E-state index contributed by atoms with van der Waals surface area (Å²) in [6.07, 6.45) is 2.69. The van der Waals surface area contributed by atoms with Crippen molar-refractivity contribution >= 4 is 28.8 Å². The highest BCUT2D eigenvalue weighted by Crippen LogP contribution is 2.25. The van der Waals surface area contributed by atoms with Crippen molar-refractivity contribution in [1.82, 2.24) is 20.2 Å². The van der Waals surface area contributed by atoms with Crippen LogP contribution in [0, 0.1) is 10.1 Å². The SMILES string of the molecule is COc1ccc(/C=N\NC(=O)c2cc3ccccc3cc2O)cc1Cn1cnc([N+](=O)[O-])n1. The molecule has 11 heteroatoms. The van der Waals surface area contributed by atoms with Gasteiger partial charge in [0.05, 0.1) is 25.4 Å². The van der Waals surface area contributed by atoms with E-state index in [2.05, 4.69) is 20.6 Å². The van der Waals surface area contributed by atoms with Crippen molar-refractivity contribution in [3.8, 4) is 11.5 Å². The van der Waals surface area contributed by atoms with Crippen LogP contribution in [0.15, 0.2) is 66.0 Å². The highest BCUT2D eigenvalue weighted by molar-refractivity contribution is 6.01. The van der Waals surface area contributed by atoms with Crippen LogP contribution in [0.3, 0.4) is 0 Å². The Morgan fingerprint density at radius 2 is 2.00 bits per heavy atom. The summed E-state index contributed by atoms with van der Waals surface area (Å²) in [5, 5.41) is 30.4. The Bertz CT molecular complexity index is 1380. The van der Waals surface area contributed by atoms with E-state index in [0.717, 1.165) is 10.8 Å². The monoisotopic (exact) mass is 446 g/mol. The number of nitro groups is 1. The van der Waals surface area contributed by atoms with Gasteiger partial charge in [-0.15, -0.1) is 0 Å². The number of aromatic nitrogens is 3. The standard InChI is InChI=1S/C22H18N6O5/c1-33-20-7-6-14(8-17(20)12-27-13-23-22(26-27)28(31)32)11-24-25-21(30)18-9-15-4-2-3-5-16(15)10-19(18)29/h2-11,13,29H,12H2,1H3,(H,25,30)/b24-11-. The number of phenolic OH excluding ortho intramolecular Hbond substituents is 1. The van der Waals surface area contributed by atoms with Gasteiger partial charge in [0.25, 0.3) is 5.91 Å². The Labute approximate surface area is 187 Å². The maximum Gasteiger partial charge on any atom is 0.490 e. The minimum absolute atomic E-state index is 0.106. The van der Waals surface area contributed by atoms with E-state index in [1.807, 2.05) is 24.3 Å². The molecule has 0 aliphatic rings. The number of carbonyl (C=O) groups excluding carboxylic acids is 1. The van der Waals surface area contributed by atoms with E-state index in [1.165, 1.54) is 30.4 Å². The molecular formula is C22H18N6O5. The number of rotatable bonds is 7. The van der Waals surface area contributed by atoms with E-state index >= 15 is 0 Å². The van der Waals surface area contributed by atoms with Crippen LogP contribution in [0.1, 0.15) is 21.5 Å². The molecule has 1 heterocycles. The Morgan fingerprint density at radius 3 is 2.70 bits per heavy atom. The van der Waals surface area contributed by atoms with Crippen molar-refractivity contribution in [3.63, 3.8) is 0 Å². The Balaban J connectivity index is 1.50. The van der Waals surface area contributed by atoms with Gasteiger partial charge in [-0.05, 0) is 51.6 Å². The van der Waals surface area contributed by atoms with Crippen LogP contribution in [0.4, 0.5) is 5.95 Å². The molecule has 4 aromatic rings. The van der Waals surface area contributed by atoms with Crippen LogP contribution >= 0.6 is 0 Å². The maximum atomic E-state index is 12.5. The summed E-state index contributed by atoms with van der Waals surface area (Å²) in [6, 6.07) is 15.7. The van der Waals surface area contributed by atoms with Gasteiger partial charge < -0.3 is 20.0 Å². The molecule has 11 nitrogen and oxygen atoms in total. The molecule has 0 atom stereocenters. The number of nitrogens with one attached hydrogen (secondary N) is 1. The van der Waals surface area contributed by atoms with E-state index in [-0.39, 0.29) is 17.9 Å². The molecular weight excluding hydrogens is 428 g/mol. The predicted octanol–water partition coefficient (Wildman–Crippen LogP) is 2.87. The number of hydrazone groups is 1. The molecule has 166 valence electrons. The number of hydrogen-bond acceptors (Lipinski definition) is 8. The van der Waals surface area contributed by atoms with Gasteiger partial charge in [0, 0.05) is 10.7 Å². The van der Waals surface area contributed by atoms with Crippen molar-refractivity contribution < 1.29 is 19.6 Å². The first-order valence-corrected chi connectivity index (χ1v) is 9.70. The Kier molecular flexibility index (Phi) is 5.94. The number of methoxy groups -OCH3 is 1. The Hall–Kier alpha value is -4.80. The second-order valence-electron chi connectivity index (χ2n) is 6.99. The van der Waals surface area contributed by atoms with Crippen molar-refractivity contribution in [3.05, 3.63) is 87.7 Å². The smallest absolute Gasteiger partial charge is 0.490 e. The molecule has 1 amide bonds. The second kappa shape index (κ2) is 9.14. The van der Waals surface area contributed by atoms with E-state index in [4.69, 9.17) is 4.74 Å². The molecule has 2 N–H and O–H groups in total. The van der Waals surface area contributed by atoms with E-state index < -0.39 is 16.8 Å². The number of aromatic hydroxyl groups is 1. The highest BCUT2D eigenvalue weighted by atomic mass is 16.6. The number of carbonyl (C=O) groups is 1. The molecule has 0 fully saturated rings. The van der Waals surface area contributed by atoms with Gasteiger partial charge in [0.15, 0.2) is 0 Å². The maximum absolute atomic E-state index is 12.5. The fourth-order valence-corrected chi connectivity index (χ4v) is 3.26. The fraction of sp³-hybridized carbons (Fsp3) is 0.0909. The molecule has 0 spiro atoms. The predicted molar refractivity (Wildman–Crippen MR) is 119 cm³/mol. The minimum Gasteiger partial charge on any atom is -0.507 e. The summed E-state index contributed by atoms with van der Waals surface area (Å²) in [4.78, 5) is 26.2. The second-order valence-corrected chi connectivity index (χ2v) is 6.99. The van der Waals surface area contributed by atoms with Gasteiger partial charge in [0.2, 0.25) is 6.33 Å². The molecule has 3 aromatic carbocycles. The van der Waals surface area contributed by atoms with Crippen LogP contribution in [-0.4, -0.2) is 44.0 Å². The molecule has 0 unspecified atom stereocenters. The Morgan fingerprint density at radius 1 is 1.24 bits per heavy atom. The molecule has 0 aliphatic heterocycles. The van der Waals surface area contributed by atoms with Crippen LogP contribution in [0.5, 0.6) is 11.5 Å². The van der Waals surface area contributed by atoms with Crippen molar-refractivity contribution in [2.24, 2.45) is 5.10 Å². The topological polar surface area (TPSA) is 145 Å². The van der Waals surface area contributed by atoms with Crippen LogP contribution in [0.2, 0.25) is 0 Å². The summed E-state index contributed by atoms with van der Waals surface area (Å²) in [7, 11) is 1.51. The van der Waals surface area contributed by atoms with Gasteiger partial charge >= 0.3 is 5.95 Å². The number of phenols is 1. The number of amides is 1. The lowest BCUT2D eigenvalue weighted by molar-refractivity contribution is -0.394. The zero-order valence-electron chi connectivity index (χ0n) is 17.4. The van der Waals surface area contributed by atoms with Crippen molar-refractivity contribution in [2.45, 2.75) is 6.54 Å². The number of hydrogen-bond donors (Lipinski definition) is 2. The first-order chi connectivity index (χ1) is 15.9. The molecule has 0 saturated heterocycles. The zero-order chi connectivity index (χ0) is 23.4. The summed E-state index contributed by atoms with van der Waals surface area (Å²) in [5.41, 5.74) is 3.83. The van der Waals surface area contributed by atoms with Gasteiger partial charge in [-0.1, -0.05) is 29.2 Å². The van der Waals surface area contributed by atoms with E-state index in [9.17, 15) is 20.0 Å². The van der Waals surface area contributed by atoms with Gasteiger partial charge in [-0.25, -0.2) is 5.43 Å². The van der Waals surface area contributed by atoms with Crippen LogP contribution in [0.25, 0.3) is 10.8 Å². The lowest BCUT2D eigenvalue weighted by Gasteiger charge is -2.08. The lowest BCUT2D eigenvalue weighted by atomic mass is 10.1. The highest BCUT2D eigenvalue weighted by Gasteiger charge is 2.15. The molecule has 4 rings (SSSR count). The average Bonchev–Trinajstić information content (AvgIpc) is 3.27. The van der Waals surface area contributed by atoms with Gasteiger partial charge in [0.1, 0.15) is 11.5 Å². The normalized spacial score (nSPS) is 11.1. The van der Waals surface area contributed by atoms with Crippen LogP contribution in [-0.2, 0) is 6.54 Å². The van der Waals surface area contributed by atoms with Crippen molar-refractivity contribution in [1.29, 1.82) is 0 Å². The summed E-state index contributed by atoms with van der Waals surface area (Å²) < 4.78 is 6.66. The first-order valence-electron chi connectivity index (χ1n) is 9.70. The molecule has 33 heavy (non-hydrogen) atoms. The fourth-order valence-electron chi connectivity index (χ4n) is 3.26. The molecule has 0 saturated carbocycles. The molecule has 0 bridgehead atoms. The first kappa shape index (κ1) is 21.4. The molecule has 0 aliphatic carbocycles. The lowest BCUT2D eigenvalue weighted by Crippen LogP contribution is -2.17. The number of benzene rings is 3. The molecule has 0 radical (unpaired) electrons. The number of ether oxygens (including phenoxy) is 1. The van der Waals surface area contributed by atoms with E-state index in [0.29, 0.717) is 16.9 Å². The third kappa shape index (κ3) is 4.77. The van der Waals surface area contributed by atoms with Gasteiger partial charge in [-0.3, -0.25) is 4.79 Å². The third-order valence-corrected chi connectivity index (χ3v) is 4.81. The van der Waals surface area contributed by atoms with E-state index in [1.54, 1.807) is 24.3 Å². The van der Waals surface area contributed by atoms with Crippen LogP contribution < -0.4 is 10.2 Å². The summed E-state index contributed by atoms with van der Waals surface area (Å²) in [5.74, 6) is -0.644. The summed E-state index contributed by atoms with van der Waals surface area (Å²) >= 11 is 0. The zero-order valence-corrected chi connectivity index (χ0v) is 17.4. The number of fused-ring (bicyclic) bond motifs is 1. The number of nitrogens with zero attached hydrogens (tertiary/aromatic N) is 5. The minimum atomic E-state index is -0.674. The third-order valence-electron chi connectivity index (χ3n) is 4.81. The largest absolute Gasteiger partial charge is 0.507 e.